The van der Waals surface area contributed by atoms with Crippen LogP contribution in [0, 0.1) is 0 Å². The Kier molecular flexibility index (Phi) is 4.67. The van der Waals surface area contributed by atoms with E-state index in [1.807, 2.05) is 34.9 Å². The summed E-state index contributed by atoms with van der Waals surface area (Å²) in [6.45, 7) is 1.17. The van der Waals surface area contributed by atoms with Crippen molar-refractivity contribution in [3.63, 3.8) is 0 Å². The Balaban J connectivity index is 1.90. The topological polar surface area (TPSA) is 78.3 Å². The summed E-state index contributed by atoms with van der Waals surface area (Å²) < 4.78 is 30.7. The van der Waals surface area contributed by atoms with Gasteiger partial charge in [-0.25, -0.2) is 13.4 Å². The van der Waals surface area contributed by atoms with Gasteiger partial charge in [0.2, 0.25) is 9.84 Å². The van der Waals surface area contributed by atoms with Crippen LogP contribution >= 0.6 is 0 Å². The third-order valence-electron chi connectivity index (χ3n) is 3.60. The van der Waals surface area contributed by atoms with Gasteiger partial charge in [0.25, 0.3) is 0 Å². The molecule has 0 radical (unpaired) electrons. The third-order valence-corrected chi connectivity index (χ3v) is 5.02. The molecule has 6 nitrogen and oxygen atoms in total. The Bertz CT molecular complexity index is 977. The molecular formula is C18H16N2O4S. The fourth-order valence-electron chi connectivity index (χ4n) is 2.37. The molecule has 0 bridgehead atoms. The number of hydrogen-bond donors (Lipinski definition) is 0. The second kappa shape index (κ2) is 6.90. The van der Waals surface area contributed by atoms with Gasteiger partial charge >= 0.3 is 5.97 Å². The van der Waals surface area contributed by atoms with Crippen LogP contribution in [0.5, 0.6) is 0 Å². The zero-order valence-corrected chi connectivity index (χ0v) is 14.3. The minimum Gasteiger partial charge on any atom is -0.449 e. The number of imidazole rings is 1. The largest absolute Gasteiger partial charge is 0.449 e. The molecule has 3 aromatic rings. The second-order valence-electron chi connectivity index (χ2n) is 5.38. The van der Waals surface area contributed by atoms with Gasteiger partial charge in [-0.1, -0.05) is 30.3 Å². The van der Waals surface area contributed by atoms with Crippen LogP contribution in [0.1, 0.15) is 6.92 Å². The number of esters is 1. The molecule has 0 aliphatic rings. The molecule has 2 aromatic carbocycles. The van der Waals surface area contributed by atoms with Crippen LogP contribution in [0.2, 0.25) is 0 Å². The van der Waals surface area contributed by atoms with Crippen LogP contribution in [0.15, 0.2) is 72.0 Å². The predicted molar refractivity (Wildman–Crippen MR) is 92.8 cm³/mol. The van der Waals surface area contributed by atoms with Gasteiger partial charge in [-0.05, 0) is 24.3 Å². The minimum atomic E-state index is -3.67. The number of rotatable bonds is 5. The maximum absolute atomic E-state index is 12.1. The fraction of sp³-hybridized carbons (Fsp3) is 0.111. The molecule has 0 amide bonds. The van der Waals surface area contributed by atoms with Crippen molar-refractivity contribution < 1.29 is 17.9 Å². The summed E-state index contributed by atoms with van der Waals surface area (Å²) in [6.07, 6.45) is 3.42. The van der Waals surface area contributed by atoms with Crippen LogP contribution in [0.3, 0.4) is 0 Å². The number of ether oxygens (including phenoxy) is 1. The van der Waals surface area contributed by atoms with E-state index in [4.69, 9.17) is 0 Å². The molecule has 0 aliphatic carbocycles. The highest BCUT2D eigenvalue weighted by Crippen LogP contribution is 2.23. The molecule has 1 aromatic heterocycles. The molecule has 128 valence electrons. The van der Waals surface area contributed by atoms with Gasteiger partial charge in [-0.3, -0.25) is 9.36 Å². The summed E-state index contributed by atoms with van der Waals surface area (Å²) >= 11 is 0. The average molecular weight is 356 g/mol. The van der Waals surface area contributed by atoms with Crippen molar-refractivity contribution in [1.29, 1.82) is 0 Å². The molecule has 7 heteroatoms. The van der Waals surface area contributed by atoms with Crippen molar-refractivity contribution >= 4 is 15.8 Å². The maximum atomic E-state index is 12.1. The van der Waals surface area contributed by atoms with Gasteiger partial charge < -0.3 is 4.74 Å². The predicted octanol–water partition coefficient (Wildman–Crippen LogP) is 2.83. The van der Waals surface area contributed by atoms with Gasteiger partial charge in [-0.2, -0.15) is 0 Å². The quantitative estimate of drug-likeness (QED) is 0.657. The monoisotopic (exact) mass is 356 g/mol. The van der Waals surface area contributed by atoms with E-state index < -0.39 is 21.7 Å². The maximum Gasteiger partial charge on any atom is 0.303 e. The first kappa shape index (κ1) is 16.9. The van der Waals surface area contributed by atoms with Crippen LogP contribution in [-0.4, -0.2) is 29.9 Å². The standard InChI is InChI=1S/C18H16N2O4S/c1-14(21)24-13-25(22,23)17-9-7-16(8-10-17)20-12-19-11-18(20)15-5-3-2-4-6-15/h2-12H,13H2,1H3. The molecule has 1 heterocycles. The Hall–Kier alpha value is -2.93. The first-order chi connectivity index (χ1) is 12.0. The molecule has 0 saturated carbocycles. The number of carbonyl (C=O) groups excluding carboxylic acids is 1. The smallest absolute Gasteiger partial charge is 0.303 e. The van der Waals surface area contributed by atoms with E-state index in [9.17, 15) is 13.2 Å². The minimum absolute atomic E-state index is 0.0962. The van der Waals surface area contributed by atoms with Crippen LogP contribution in [-0.2, 0) is 19.4 Å². The molecule has 0 unspecified atom stereocenters. The van der Waals surface area contributed by atoms with E-state index in [2.05, 4.69) is 9.72 Å². The Labute approximate surface area is 145 Å². The summed E-state index contributed by atoms with van der Waals surface area (Å²) in [7, 11) is -3.67. The van der Waals surface area contributed by atoms with Gasteiger partial charge in [0.15, 0.2) is 5.94 Å². The number of benzene rings is 2. The van der Waals surface area contributed by atoms with Crippen LogP contribution in [0.25, 0.3) is 16.9 Å². The summed E-state index contributed by atoms with van der Waals surface area (Å²) in [6, 6.07) is 16.1. The molecule has 3 rings (SSSR count). The van der Waals surface area contributed by atoms with E-state index in [1.165, 1.54) is 19.1 Å². The molecule has 0 atom stereocenters. The molecule has 0 aliphatic heterocycles. The van der Waals surface area contributed by atoms with Crippen molar-refractivity contribution in [2.45, 2.75) is 11.8 Å². The number of nitrogens with zero attached hydrogens (tertiary/aromatic N) is 2. The zero-order valence-electron chi connectivity index (χ0n) is 13.5. The van der Waals surface area contributed by atoms with Crippen molar-refractivity contribution in [1.82, 2.24) is 9.55 Å². The highest BCUT2D eigenvalue weighted by Gasteiger charge is 2.16. The lowest BCUT2D eigenvalue weighted by molar-refractivity contribution is -0.138. The van der Waals surface area contributed by atoms with Crippen LogP contribution in [0.4, 0.5) is 0 Å². The first-order valence-electron chi connectivity index (χ1n) is 7.52. The second-order valence-corrected chi connectivity index (χ2v) is 7.31. The molecule has 25 heavy (non-hydrogen) atoms. The van der Waals surface area contributed by atoms with Gasteiger partial charge in [-0.15, -0.1) is 0 Å². The Morgan fingerprint density at radius 1 is 1.08 bits per heavy atom. The molecule has 0 saturated heterocycles. The number of carbonyl (C=O) groups is 1. The SMILES string of the molecule is CC(=O)OCS(=O)(=O)c1ccc(-n2cncc2-c2ccccc2)cc1. The zero-order chi connectivity index (χ0) is 17.9. The van der Waals surface area contributed by atoms with Crippen LogP contribution < -0.4 is 0 Å². The number of aromatic nitrogens is 2. The van der Waals surface area contributed by atoms with E-state index >= 15 is 0 Å². The van der Waals surface area contributed by atoms with Crippen molar-refractivity contribution in [2.75, 3.05) is 5.94 Å². The van der Waals surface area contributed by atoms with Gasteiger partial charge in [0.1, 0.15) is 0 Å². The molecule has 0 spiro atoms. The summed E-state index contributed by atoms with van der Waals surface area (Å²) in [5.41, 5.74) is 2.69. The molecular weight excluding hydrogens is 340 g/mol. The average Bonchev–Trinajstić information content (AvgIpc) is 3.11. The summed E-state index contributed by atoms with van der Waals surface area (Å²) in [4.78, 5) is 15.1. The van der Waals surface area contributed by atoms with Gasteiger partial charge in [0, 0.05) is 18.2 Å². The Morgan fingerprint density at radius 3 is 2.40 bits per heavy atom. The first-order valence-corrected chi connectivity index (χ1v) is 9.17. The summed E-state index contributed by atoms with van der Waals surface area (Å²) in [5, 5.41) is 0. The lowest BCUT2D eigenvalue weighted by Gasteiger charge is -2.10. The molecule has 0 N–H and O–H groups in total. The van der Waals surface area contributed by atoms with Gasteiger partial charge in [0.05, 0.1) is 23.1 Å². The number of hydrogen-bond acceptors (Lipinski definition) is 5. The van der Waals surface area contributed by atoms with E-state index in [0.717, 1.165) is 16.9 Å². The van der Waals surface area contributed by atoms with Crippen molar-refractivity contribution in [2.24, 2.45) is 0 Å². The third kappa shape index (κ3) is 3.77. The number of sulfone groups is 1. The van der Waals surface area contributed by atoms with E-state index in [0.29, 0.717) is 0 Å². The fourth-order valence-corrected chi connectivity index (χ4v) is 3.37. The lowest BCUT2D eigenvalue weighted by Crippen LogP contribution is -2.12. The van der Waals surface area contributed by atoms with Crippen molar-refractivity contribution in [3.8, 4) is 16.9 Å². The highest BCUT2D eigenvalue weighted by atomic mass is 32.2. The van der Waals surface area contributed by atoms with Crippen molar-refractivity contribution in [3.05, 3.63) is 67.1 Å². The Morgan fingerprint density at radius 2 is 1.76 bits per heavy atom. The summed E-state index contributed by atoms with van der Waals surface area (Å²) in [5.74, 6) is -1.30. The lowest BCUT2D eigenvalue weighted by atomic mass is 10.1. The molecule has 0 fully saturated rings. The highest BCUT2D eigenvalue weighted by molar-refractivity contribution is 7.91. The van der Waals surface area contributed by atoms with E-state index in [-0.39, 0.29) is 4.90 Å². The van der Waals surface area contributed by atoms with E-state index in [1.54, 1.807) is 24.7 Å². The normalized spacial score (nSPS) is 11.2.